The normalized spacial score (nSPS) is 12.2. The van der Waals surface area contributed by atoms with E-state index in [0.717, 1.165) is 13.0 Å². The number of ether oxygens (including phenoxy) is 1. The Morgan fingerprint density at radius 3 is 1.77 bits per heavy atom. The maximum atomic E-state index is 5.77. The minimum absolute atomic E-state index is 0.272. The van der Waals surface area contributed by atoms with Crippen molar-refractivity contribution in [3.8, 4) is 0 Å². The molecule has 0 radical (unpaired) electrons. The Hall–Kier alpha value is -0.730. The zero-order valence-corrected chi connectivity index (χ0v) is 15.8. The molecule has 0 saturated heterocycles. The van der Waals surface area contributed by atoms with Gasteiger partial charge in [-0.2, -0.15) is 0 Å². The highest BCUT2D eigenvalue weighted by Gasteiger charge is 2.03. The lowest BCUT2D eigenvalue weighted by molar-refractivity contribution is 0.272. The predicted octanol–water partition coefficient (Wildman–Crippen LogP) is 5.69. The standard InChI is InChI=1S/C19H40N2O/c1-6-7-8-9-10-11-12-13-14-15-16-22-19(20-17(2)3)21-18(4)5/h17-18H,6-16H2,1-5H3,(H,20,21). The number of amidine groups is 1. The Balaban J connectivity index is 3.50. The van der Waals surface area contributed by atoms with Crippen LogP contribution in [0.3, 0.4) is 0 Å². The van der Waals surface area contributed by atoms with Gasteiger partial charge in [0.1, 0.15) is 0 Å². The van der Waals surface area contributed by atoms with E-state index in [4.69, 9.17) is 4.74 Å². The van der Waals surface area contributed by atoms with Gasteiger partial charge in [0.15, 0.2) is 0 Å². The van der Waals surface area contributed by atoms with Crippen LogP contribution in [-0.2, 0) is 4.74 Å². The molecule has 0 aromatic rings. The SMILES string of the molecule is CCCCCCCCCCCCOC(=NC(C)C)NC(C)C. The van der Waals surface area contributed by atoms with Gasteiger partial charge in [0.05, 0.1) is 6.61 Å². The van der Waals surface area contributed by atoms with Crippen LogP contribution in [0.1, 0.15) is 98.8 Å². The van der Waals surface area contributed by atoms with Gasteiger partial charge in [0, 0.05) is 12.1 Å². The molecule has 1 N–H and O–H groups in total. The largest absolute Gasteiger partial charge is 0.465 e. The molecule has 0 saturated carbocycles. The van der Waals surface area contributed by atoms with E-state index in [9.17, 15) is 0 Å². The Bertz CT molecular complexity index is 262. The van der Waals surface area contributed by atoms with Gasteiger partial charge < -0.3 is 10.1 Å². The third-order valence-corrected chi connectivity index (χ3v) is 3.52. The van der Waals surface area contributed by atoms with E-state index in [1.807, 2.05) is 0 Å². The number of rotatable bonds is 13. The molecule has 0 amide bonds. The summed E-state index contributed by atoms with van der Waals surface area (Å²) >= 11 is 0. The maximum Gasteiger partial charge on any atom is 0.285 e. The first-order valence-corrected chi connectivity index (χ1v) is 9.53. The molecule has 0 atom stereocenters. The highest BCUT2D eigenvalue weighted by molar-refractivity contribution is 5.73. The van der Waals surface area contributed by atoms with Crippen LogP contribution < -0.4 is 5.32 Å². The summed E-state index contributed by atoms with van der Waals surface area (Å²) in [5, 5.41) is 3.27. The number of unbranched alkanes of at least 4 members (excludes halogenated alkanes) is 9. The molecule has 0 aliphatic carbocycles. The molecule has 0 heterocycles. The van der Waals surface area contributed by atoms with Crippen molar-refractivity contribution in [2.75, 3.05) is 6.61 Å². The van der Waals surface area contributed by atoms with Crippen LogP contribution in [0.15, 0.2) is 4.99 Å². The van der Waals surface area contributed by atoms with Gasteiger partial charge in [-0.05, 0) is 34.1 Å². The number of aliphatic imine (C=N–C) groups is 1. The van der Waals surface area contributed by atoms with E-state index < -0.39 is 0 Å². The minimum Gasteiger partial charge on any atom is -0.465 e. The molecule has 22 heavy (non-hydrogen) atoms. The molecule has 0 bridgehead atoms. The van der Waals surface area contributed by atoms with Gasteiger partial charge in [-0.25, -0.2) is 4.99 Å². The van der Waals surface area contributed by atoms with Crippen LogP contribution in [0.2, 0.25) is 0 Å². The fourth-order valence-corrected chi connectivity index (χ4v) is 2.36. The van der Waals surface area contributed by atoms with Gasteiger partial charge >= 0.3 is 0 Å². The van der Waals surface area contributed by atoms with Crippen molar-refractivity contribution in [1.29, 1.82) is 0 Å². The molecule has 132 valence electrons. The van der Waals surface area contributed by atoms with Crippen LogP contribution in [0.4, 0.5) is 0 Å². The minimum atomic E-state index is 0.272. The van der Waals surface area contributed by atoms with Gasteiger partial charge in [-0.3, -0.25) is 0 Å². The van der Waals surface area contributed by atoms with Crippen molar-refractivity contribution >= 4 is 6.02 Å². The van der Waals surface area contributed by atoms with Crippen molar-refractivity contribution in [3.05, 3.63) is 0 Å². The third-order valence-electron chi connectivity index (χ3n) is 3.52. The van der Waals surface area contributed by atoms with Crippen molar-refractivity contribution in [1.82, 2.24) is 5.32 Å². The predicted molar refractivity (Wildman–Crippen MR) is 98.6 cm³/mol. The van der Waals surface area contributed by atoms with Gasteiger partial charge in [0.2, 0.25) is 0 Å². The summed E-state index contributed by atoms with van der Waals surface area (Å²) < 4.78 is 5.77. The van der Waals surface area contributed by atoms with Crippen molar-refractivity contribution in [3.63, 3.8) is 0 Å². The first kappa shape index (κ1) is 21.3. The molecule has 0 aromatic heterocycles. The second kappa shape index (κ2) is 15.2. The van der Waals surface area contributed by atoms with Crippen LogP contribution in [0.25, 0.3) is 0 Å². The topological polar surface area (TPSA) is 33.6 Å². The molecule has 3 nitrogen and oxygen atoms in total. The van der Waals surface area contributed by atoms with Crippen LogP contribution >= 0.6 is 0 Å². The summed E-state index contributed by atoms with van der Waals surface area (Å²) in [4.78, 5) is 4.48. The quantitative estimate of drug-likeness (QED) is 0.269. The molecule has 0 unspecified atom stereocenters. The first-order chi connectivity index (χ1) is 10.6. The summed E-state index contributed by atoms with van der Waals surface area (Å²) in [6.45, 7) is 11.4. The second-order valence-electron chi connectivity index (χ2n) is 6.86. The summed E-state index contributed by atoms with van der Waals surface area (Å²) in [5.74, 6) is 0. The Morgan fingerprint density at radius 1 is 0.818 bits per heavy atom. The number of hydrogen-bond acceptors (Lipinski definition) is 2. The van der Waals surface area contributed by atoms with Crippen LogP contribution in [-0.4, -0.2) is 24.7 Å². The first-order valence-electron chi connectivity index (χ1n) is 9.53. The van der Waals surface area contributed by atoms with E-state index in [0.29, 0.717) is 12.1 Å². The molecular weight excluding hydrogens is 272 g/mol. The highest BCUT2D eigenvalue weighted by Crippen LogP contribution is 2.10. The maximum absolute atomic E-state index is 5.77. The monoisotopic (exact) mass is 312 g/mol. The van der Waals surface area contributed by atoms with E-state index in [2.05, 4.69) is 44.9 Å². The van der Waals surface area contributed by atoms with Crippen molar-refractivity contribution in [2.45, 2.75) is 111 Å². The van der Waals surface area contributed by atoms with Gasteiger partial charge in [-0.15, -0.1) is 0 Å². The smallest absolute Gasteiger partial charge is 0.285 e. The summed E-state index contributed by atoms with van der Waals surface area (Å²) in [5.41, 5.74) is 0. The van der Waals surface area contributed by atoms with Crippen molar-refractivity contribution in [2.24, 2.45) is 4.99 Å². The van der Waals surface area contributed by atoms with Crippen LogP contribution in [0, 0.1) is 0 Å². The summed E-state index contributed by atoms with van der Waals surface area (Å²) in [6.07, 6.45) is 13.5. The molecule has 0 aromatic carbocycles. The zero-order valence-electron chi connectivity index (χ0n) is 15.8. The second-order valence-corrected chi connectivity index (χ2v) is 6.86. The zero-order chi connectivity index (χ0) is 16.6. The average Bonchev–Trinajstić information content (AvgIpc) is 2.43. The van der Waals surface area contributed by atoms with Crippen LogP contribution in [0.5, 0.6) is 0 Å². The molecule has 0 spiro atoms. The van der Waals surface area contributed by atoms with Gasteiger partial charge in [0.25, 0.3) is 6.02 Å². The lowest BCUT2D eigenvalue weighted by Gasteiger charge is -2.15. The molecule has 3 heteroatoms. The number of hydrogen-bond donors (Lipinski definition) is 1. The molecule has 0 rings (SSSR count). The lowest BCUT2D eigenvalue weighted by atomic mass is 10.1. The lowest BCUT2D eigenvalue weighted by Crippen LogP contribution is -2.33. The molecule has 0 fully saturated rings. The van der Waals surface area contributed by atoms with E-state index in [1.165, 1.54) is 57.8 Å². The van der Waals surface area contributed by atoms with E-state index in [1.54, 1.807) is 0 Å². The van der Waals surface area contributed by atoms with E-state index >= 15 is 0 Å². The average molecular weight is 313 g/mol. The molecule has 0 aliphatic rings. The van der Waals surface area contributed by atoms with Gasteiger partial charge in [-0.1, -0.05) is 64.7 Å². The third kappa shape index (κ3) is 15.7. The summed E-state index contributed by atoms with van der Waals surface area (Å²) in [6, 6.07) is 1.35. The molecular formula is C19H40N2O. The van der Waals surface area contributed by atoms with Crippen molar-refractivity contribution < 1.29 is 4.74 Å². The highest BCUT2D eigenvalue weighted by atomic mass is 16.5. The Morgan fingerprint density at radius 2 is 1.32 bits per heavy atom. The number of nitrogens with zero attached hydrogens (tertiary/aromatic N) is 1. The molecule has 0 aliphatic heterocycles. The van der Waals surface area contributed by atoms with E-state index in [-0.39, 0.29) is 6.04 Å². The number of nitrogens with one attached hydrogen (secondary N) is 1. The summed E-state index contributed by atoms with van der Waals surface area (Å²) in [7, 11) is 0. The Kier molecular flexibility index (Phi) is 14.7. The Labute approximate surface area is 139 Å². The fraction of sp³-hybridized carbons (Fsp3) is 0.947. The fourth-order valence-electron chi connectivity index (χ4n) is 2.36.